The summed E-state index contributed by atoms with van der Waals surface area (Å²) in [7, 11) is 0. The van der Waals surface area contributed by atoms with Crippen LogP contribution in [0.4, 0.5) is 0 Å². The highest BCUT2D eigenvalue weighted by Crippen LogP contribution is 2.12. The lowest BCUT2D eigenvalue weighted by Crippen LogP contribution is -1.89. The first kappa shape index (κ1) is 16.8. The zero-order valence-corrected chi connectivity index (χ0v) is 13.2. The second-order valence-electron chi connectivity index (χ2n) is 5.75. The zero-order chi connectivity index (χ0) is 14.5. The van der Waals surface area contributed by atoms with Gasteiger partial charge in [0.1, 0.15) is 0 Å². The summed E-state index contributed by atoms with van der Waals surface area (Å²) in [4.78, 5) is 0. The number of unbranched alkanes of at least 4 members (excludes halogenated alkanes) is 7. The standard InChI is InChI=1S/C20H30/c1-3-5-7-9-10-12-14-20-17-15-19(16-18-20)13-11-8-6-4-2/h2,15-18H,3,5-14H2,1H3. The van der Waals surface area contributed by atoms with Gasteiger partial charge >= 0.3 is 0 Å². The minimum Gasteiger partial charge on any atom is -0.120 e. The lowest BCUT2D eigenvalue weighted by molar-refractivity contribution is 0.607. The Bertz CT molecular complexity index is 366. The van der Waals surface area contributed by atoms with E-state index in [1.807, 2.05) is 0 Å². The molecule has 0 heteroatoms. The maximum absolute atomic E-state index is 5.26. The van der Waals surface area contributed by atoms with Gasteiger partial charge in [0.15, 0.2) is 0 Å². The SMILES string of the molecule is C#CCCCCc1ccc(CCCCCCCC)cc1. The van der Waals surface area contributed by atoms with Gasteiger partial charge in [-0.15, -0.1) is 12.3 Å². The third-order valence-electron chi connectivity index (χ3n) is 3.88. The molecule has 0 heterocycles. The second kappa shape index (κ2) is 11.6. The Kier molecular flexibility index (Phi) is 9.76. The summed E-state index contributed by atoms with van der Waals surface area (Å²) < 4.78 is 0. The molecule has 0 aliphatic rings. The molecule has 1 aromatic carbocycles. The maximum Gasteiger partial charge on any atom is 0.00861 e. The summed E-state index contributed by atoms with van der Waals surface area (Å²) in [6.07, 6.45) is 19.2. The van der Waals surface area contributed by atoms with Crippen molar-refractivity contribution < 1.29 is 0 Å². The Hall–Kier alpha value is -1.22. The molecular weight excluding hydrogens is 240 g/mol. The van der Waals surface area contributed by atoms with Crippen LogP contribution in [0, 0.1) is 12.3 Å². The molecule has 0 unspecified atom stereocenters. The quantitative estimate of drug-likeness (QED) is 0.345. The van der Waals surface area contributed by atoms with Gasteiger partial charge in [-0.3, -0.25) is 0 Å². The van der Waals surface area contributed by atoms with Crippen LogP contribution in [0.25, 0.3) is 0 Å². The fourth-order valence-corrected chi connectivity index (χ4v) is 2.54. The highest BCUT2D eigenvalue weighted by atomic mass is 14.0. The molecule has 0 aliphatic heterocycles. The van der Waals surface area contributed by atoms with Crippen molar-refractivity contribution in [3.8, 4) is 12.3 Å². The summed E-state index contributed by atoms with van der Waals surface area (Å²) in [5.41, 5.74) is 2.95. The van der Waals surface area contributed by atoms with E-state index in [1.54, 1.807) is 0 Å². The molecule has 0 atom stereocenters. The molecule has 0 aromatic heterocycles. The summed E-state index contributed by atoms with van der Waals surface area (Å²) in [5.74, 6) is 2.70. The molecule has 0 nitrogen and oxygen atoms in total. The first-order valence-corrected chi connectivity index (χ1v) is 8.38. The van der Waals surface area contributed by atoms with Crippen molar-refractivity contribution in [1.29, 1.82) is 0 Å². The van der Waals surface area contributed by atoms with Crippen LogP contribution in [-0.4, -0.2) is 0 Å². The van der Waals surface area contributed by atoms with Crippen LogP contribution in [0.15, 0.2) is 24.3 Å². The monoisotopic (exact) mass is 270 g/mol. The van der Waals surface area contributed by atoms with Gasteiger partial charge < -0.3 is 0 Å². The predicted molar refractivity (Wildman–Crippen MR) is 89.9 cm³/mol. The van der Waals surface area contributed by atoms with E-state index in [1.165, 1.54) is 68.9 Å². The van der Waals surface area contributed by atoms with E-state index in [0.717, 1.165) is 12.8 Å². The Balaban J connectivity index is 2.13. The van der Waals surface area contributed by atoms with Crippen LogP contribution in [0.1, 0.15) is 75.8 Å². The number of aryl methyl sites for hydroxylation is 2. The normalized spacial score (nSPS) is 10.4. The maximum atomic E-state index is 5.26. The first-order chi connectivity index (χ1) is 9.86. The number of benzene rings is 1. The molecule has 0 fully saturated rings. The van der Waals surface area contributed by atoms with Crippen molar-refractivity contribution in [3.05, 3.63) is 35.4 Å². The lowest BCUT2D eigenvalue weighted by atomic mass is 10.0. The predicted octanol–water partition coefficient (Wildman–Crippen LogP) is 5.94. The molecule has 20 heavy (non-hydrogen) atoms. The third-order valence-corrected chi connectivity index (χ3v) is 3.88. The van der Waals surface area contributed by atoms with Gasteiger partial charge in [-0.25, -0.2) is 0 Å². The number of terminal acetylenes is 1. The Morgan fingerprint density at radius 3 is 1.80 bits per heavy atom. The average Bonchev–Trinajstić information content (AvgIpc) is 2.49. The van der Waals surface area contributed by atoms with Crippen molar-refractivity contribution in [2.75, 3.05) is 0 Å². The van der Waals surface area contributed by atoms with E-state index in [2.05, 4.69) is 37.1 Å². The average molecular weight is 270 g/mol. The van der Waals surface area contributed by atoms with Gasteiger partial charge in [-0.05, 0) is 43.2 Å². The van der Waals surface area contributed by atoms with Crippen molar-refractivity contribution >= 4 is 0 Å². The molecular formula is C20H30. The summed E-state index contributed by atoms with van der Waals surface area (Å²) >= 11 is 0. The largest absolute Gasteiger partial charge is 0.120 e. The molecule has 0 N–H and O–H groups in total. The van der Waals surface area contributed by atoms with Gasteiger partial charge in [0.05, 0.1) is 0 Å². The minimum absolute atomic E-state index is 0.913. The molecule has 0 radical (unpaired) electrons. The smallest absolute Gasteiger partial charge is 0.00861 e. The fraction of sp³-hybridized carbons (Fsp3) is 0.600. The highest BCUT2D eigenvalue weighted by Gasteiger charge is 1.96. The molecule has 0 bridgehead atoms. The van der Waals surface area contributed by atoms with Gasteiger partial charge in [0.25, 0.3) is 0 Å². The van der Waals surface area contributed by atoms with Gasteiger partial charge in [0.2, 0.25) is 0 Å². The van der Waals surface area contributed by atoms with Crippen LogP contribution in [-0.2, 0) is 12.8 Å². The topological polar surface area (TPSA) is 0 Å². The van der Waals surface area contributed by atoms with E-state index >= 15 is 0 Å². The van der Waals surface area contributed by atoms with Gasteiger partial charge in [0, 0.05) is 6.42 Å². The Morgan fingerprint density at radius 1 is 0.750 bits per heavy atom. The summed E-state index contributed by atoms with van der Waals surface area (Å²) in [6.45, 7) is 2.27. The van der Waals surface area contributed by atoms with E-state index in [4.69, 9.17) is 6.42 Å². The summed E-state index contributed by atoms with van der Waals surface area (Å²) in [5, 5.41) is 0. The van der Waals surface area contributed by atoms with E-state index in [-0.39, 0.29) is 0 Å². The van der Waals surface area contributed by atoms with Crippen molar-refractivity contribution in [1.82, 2.24) is 0 Å². The first-order valence-electron chi connectivity index (χ1n) is 8.38. The van der Waals surface area contributed by atoms with Crippen LogP contribution < -0.4 is 0 Å². The molecule has 0 amide bonds. The molecule has 0 saturated carbocycles. The fourth-order valence-electron chi connectivity index (χ4n) is 2.54. The van der Waals surface area contributed by atoms with Crippen LogP contribution in [0.3, 0.4) is 0 Å². The van der Waals surface area contributed by atoms with Crippen LogP contribution >= 0.6 is 0 Å². The molecule has 0 saturated heterocycles. The third kappa shape index (κ3) is 8.05. The second-order valence-corrected chi connectivity index (χ2v) is 5.75. The number of hydrogen-bond donors (Lipinski definition) is 0. The van der Waals surface area contributed by atoms with Crippen molar-refractivity contribution in [2.45, 2.75) is 77.6 Å². The number of rotatable bonds is 11. The Morgan fingerprint density at radius 2 is 1.25 bits per heavy atom. The highest BCUT2D eigenvalue weighted by molar-refractivity contribution is 5.22. The molecule has 0 aliphatic carbocycles. The number of hydrogen-bond acceptors (Lipinski definition) is 0. The zero-order valence-electron chi connectivity index (χ0n) is 13.2. The van der Waals surface area contributed by atoms with E-state index in [9.17, 15) is 0 Å². The van der Waals surface area contributed by atoms with Crippen molar-refractivity contribution in [3.63, 3.8) is 0 Å². The van der Waals surface area contributed by atoms with Crippen LogP contribution in [0.5, 0.6) is 0 Å². The molecule has 0 spiro atoms. The van der Waals surface area contributed by atoms with Gasteiger partial charge in [-0.1, -0.05) is 63.3 Å². The van der Waals surface area contributed by atoms with Crippen molar-refractivity contribution in [2.24, 2.45) is 0 Å². The molecule has 1 aromatic rings. The molecule has 1 rings (SSSR count). The van der Waals surface area contributed by atoms with Gasteiger partial charge in [-0.2, -0.15) is 0 Å². The van der Waals surface area contributed by atoms with E-state index < -0.39 is 0 Å². The minimum atomic E-state index is 0.913. The summed E-state index contributed by atoms with van der Waals surface area (Å²) in [6, 6.07) is 9.20. The Labute approximate surface area is 126 Å². The molecule has 110 valence electrons. The van der Waals surface area contributed by atoms with Crippen LogP contribution in [0.2, 0.25) is 0 Å². The lowest BCUT2D eigenvalue weighted by Gasteiger charge is -2.04. The van der Waals surface area contributed by atoms with E-state index in [0.29, 0.717) is 0 Å².